The number of unbranched alkanes of at least 4 members (excludes halogenated alkanes) is 5. The molecule has 3 aliphatic heterocycles. The zero-order chi connectivity index (χ0) is 23.0. The van der Waals surface area contributed by atoms with E-state index >= 15 is 0 Å². The number of carbonyl (C=O) groups excluding carboxylic acids is 1. The van der Waals surface area contributed by atoms with Crippen molar-refractivity contribution in [3.63, 3.8) is 0 Å². The van der Waals surface area contributed by atoms with E-state index in [9.17, 15) is 13.6 Å². The van der Waals surface area contributed by atoms with Crippen LogP contribution in [0.25, 0.3) is 0 Å². The van der Waals surface area contributed by atoms with Gasteiger partial charge in [0.05, 0.1) is 26.2 Å². The minimum atomic E-state index is -0.493. The molecule has 1 aromatic carbocycles. The summed E-state index contributed by atoms with van der Waals surface area (Å²) < 4.78 is 35.0. The summed E-state index contributed by atoms with van der Waals surface area (Å²) in [6.07, 6.45) is 9.89. The molecule has 180 valence electrons. The predicted octanol–water partition coefficient (Wildman–Crippen LogP) is 6.28. The minimum Gasteiger partial charge on any atom is -0.440 e. The molecular weight excluding hydrogens is 410 g/mol. The smallest absolute Gasteiger partial charge is 0.410 e. The molecule has 1 aromatic rings. The van der Waals surface area contributed by atoms with Gasteiger partial charge < -0.3 is 14.1 Å². The second-order valence-corrected chi connectivity index (χ2v) is 9.88. The van der Waals surface area contributed by atoms with Crippen molar-refractivity contribution >= 4 is 6.09 Å². The van der Waals surface area contributed by atoms with Gasteiger partial charge in [-0.3, -0.25) is 0 Å². The third kappa shape index (κ3) is 6.66. The number of ether oxygens (including phenoxy) is 1. The van der Waals surface area contributed by atoms with Gasteiger partial charge in [-0.2, -0.15) is 0 Å². The van der Waals surface area contributed by atoms with E-state index in [1.54, 1.807) is 4.90 Å². The number of hydrogen-bond donors (Lipinski definition) is 0. The topological polar surface area (TPSA) is 29.5 Å². The lowest BCUT2D eigenvalue weighted by atomic mass is 9.83. The summed E-state index contributed by atoms with van der Waals surface area (Å²) in [5, 5.41) is 0. The fraction of sp³-hybridized carbons (Fsp3) is 0.731. The van der Waals surface area contributed by atoms with E-state index in [4.69, 9.17) is 4.74 Å². The summed E-state index contributed by atoms with van der Waals surface area (Å²) in [6.45, 7) is 9.29. The molecule has 6 heteroatoms. The van der Waals surface area contributed by atoms with Crippen LogP contribution in [0.5, 0.6) is 0 Å². The number of amides is 1. The van der Waals surface area contributed by atoms with Crippen molar-refractivity contribution in [2.45, 2.75) is 84.3 Å². The van der Waals surface area contributed by atoms with Crippen LogP contribution in [0, 0.1) is 17.6 Å². The first-order valence-electron chi connectivity index (χ1n) is 12.7. The van der Waals surface area contributed by atoms with Crippen molar-refractivity contribution in [2.75, 3.05) is 32.7 Å². The van der Waals surface area contributed by atoms with Crippen molar-refractivity contribution in [2.24, 2.45) is 5.92 Å². The van der Waals surface area contributed by atoms with Crippen LogP contribution in [0.15, 0.2) is 18.2 Å². The van der Waals surface area contributed by atoms with Crippen LogP contribution in [0.4, 0.5) is 13.6 Å². The molecule has 0 unspecified atom stereocenters. The maximum absolute atomic E-state index is 14.2. The maximum Gasteiger partial charge on any atom is 0.410 e. The van der Waals surface area contributed by atoms with Gasteiger partial charge in [0, 0.05) is 30.9 Å². The van der Waals surface area contributed by atoms with E-state index in [0.29, 0.717) is 12.5 Å². The SMILES string of the molecule is CCCCCCC[N+]12CCC(CC1)[C@@H](OC(=O)N(CCCC)Cc1cc(F)ccc1F)C2. The quantitative estimate of drug-likeness (QED) is 0.276. The fourth-order valence-corrected chi connectivity index (χ4v) is 5.38. The molecule has 3 fully saturated rings. The van der Waals surface area contributed by atoms with Crippen LogP contribution in [0.3, 0.4) is 0 Å². The lowest BCUT2D eigenvalue weighted by Gasteiger charge is -2.52. The van der Waals surface area contributed by atoms with Crippen molar-refractivity contribution in [1.82, 2.24) is 4.90 Å². The molecule has 1 amide bonds. The molecule has 3 aliphatic rings. The summed E-state index contributed by atoms with van der Waals surface area (Å²) in [7, 11) is 0. The Labute approximate surface area is 192 Å². The Morgan fingerprint density at radius 3 is 2.50 bits per heavy atom. The number of rotatable bonds is 12. The molecule has 4 rings (SSSR count). The summed E-state index contributed by atoms with van der Waals surface area (Å²) in [6, 6.07) is 3.40. The van der Waals surface area contributed by atoms with Gasteiger partial charge in [-0.25, -0.2) is 13.6 Å². The average Bonchev–Trinajstić information content (AvgIpc) is 2.79. The van der Waals surface area contributed by atoms with Crippen LogP contribution >= 0.6 is 0 Å². The third-order valence-electron chi connectivity index (χ3n) is 7.44. The van der Waals surface area contributed by atoms with E-state index in [1.165, 1.54) is 57.8 Å². The molecule has 2 bridgehead atoms. The Hall–Kier alpha value is -1.69. The Balaban J connectivity index is 1.60. The largest absolute Gasteiger partial charge is 0.440 e. The molecular formula is C26H41F2N2O2+. The first-order chi connectivity index (χ1) is 15.5. The fourth-order valence-electron chi connectivity index (χ4n) is 5.38. The van der Waals surface area contributed by atoms with Crippen molar-refractivity contribution in [3.05, 3.63) is 35.4 Å². The number of nitrogens with zero attached hydrogens (tertiary/aromatic N) is 2. The number of piperidine rings is 3. The van der Waals surface area contributed by atoms with Gasteiger partial charge >= 0.3 is 6.09 Å². The van der Waals surface area contributed by atoms with Gasteiger partial charge in [0.2, 0.25) is 0 Å². The molecule has 0 aliphatic carbocycles. The van der Waals surface area contributed by atoms with E-state index in [2.05, 4.69) is 6.92 Å². The zero-order valence-corrected chi connectivity index (χ0v) is 20.0. The molecule has 3 saturated heterocycles. The molecule has 0 N–H and O–H groups in total. The van der Waals surface area contributed by atoms with Crippen LogP contribution in [0.2, 0.25) is 0 Å². The van der Waals surface area contributed by atoms with Gasteiger partial charge in [0.25, 0.3) is 0 Å². The molecule has 1 atom stereocenters. The zero-order valence-electron chi connectivity index (χ0n) is 20.0. The van der Waals surface area contributed by atoms with Gasteiger partial charge in [0.15, 0.2) is 6.10 Å². The normalized spacial score (nSPS) is 24.5. The maximum atomic E-state index is 14.2. The van der Waals surface area contributed by atoms with E-state index < -0.39 is 11.6 Å². The predicted molar refractivity (Wildman–Crippen MR) is 123 cm³/mol. The molecule has 4 nitrogen and oxygen atoms in total. The monoisotopic (exact) mass is 451 g/mol. The summed E-state index contributed by atoms with van der Waals surface area (Å²) >= 11 is 0. The number of benzene rings is 1. The number of halogens is 2. The van der Waals surface area contributed by atoms with Crippen LogP contribution in [-0.2, 0) is 11.3 Å². The number of quaternary nitrogens is 1. The van der Waals surface area contributed by atoms with Crippen LogP contribution in [-0.4, -0.2) is 54.3 Å². The number of hydrogen-bond acceptors (Lipinski definition) is 2. The molecule has 32 heavy (non-hydrogen) atoms. The van der Waals surface area contributed by atoms with Gasteiger partial charge in [-0.1, -0.05) is 39.5 Å². The van der Waals surface area contributed by atoms with E-state index in [1.807, 2.05) is 6.92 Å². The minimum absolute atomic E-state index is 0.0389. The highest BCUT2D eigenvalue weighted by Crippen LogP contribution is 2.36. The average molecular weight is 452 g/mol. The molecule has 0 saturated carbocycles. The van der Waals surface area contributed by atoms with E-state index in [-0.39, 0.29) is 24.3 Å². The van der Waals surface area contributed by atoms with Crippen LogP contribution < -0.4 is 0 Å². The summed E-state index contributed by atoms with van der Waals surface area (Å²) in [4.78, 5) is 14.7. The number of fused-ring (bicyclic) bond motifs is 3. The highest BCUT2D eigenvalue weighted by molar-refractivity contribution is 5.68. The van der Waals surface area contributed by atoms with Gasteiger partial charge in [-0.15, -0.1) is 0 Å². The number of carbonyl (C=O) groups is 1. The Bertz CT molecular complexity index is 735. The van der Waals surface area contributed by atoms with Crippen molar-refractivity contribution in [3.8, 4) is 0 Å². The molecule has 0 spiro atoms. The molecule has 0 aromatic heterocycles. The Morgan fingerprint density at radius 1 is 1.06 bits per heavy atom. The lowest BCUT2D eigenvalue weighted by Crippen LogP contribution is -2.64. The third-order valence-corrected chi connectivity index (χ3v) is 7.44. The van der Waals surface area contributed by atoms with Crippen molar-refractivity contribution in [1.29, 1.82) is 0 Å². The van der Waals surface area contributed by atoms with E-state index in [0.717, 1.165) is 48.8 Å². The first-order valence-corrected chi connectivity index (χ1v) is 12.7. The molecule has 3 heterocycles. The van der Waals surface area contributed by atoms with Gasteiger partial charge in [-0.05, 0) is 37.5 Å². The second kappa shape index (κ2) is 12.0. The lowest BCUT2D eigenvalue weighted by molar-refractivity contribution is -0.946. The summed E-state index contributed by atoms with van der Waals surface area (Å²) in [5.41, 5.74) is 0.197. The Kier molecular flexibility index (Phi) is 9.33. The summed E-state index contributed by atoms with van der Waals surface area (Å²) in [5.74, 6) is -0.554. The first kappa shape index (κ1) is 24.9. The highest BCUT2D eigenvalue weighted by Gasteiger charge is 2.47. The van der Waals surface area contributed by atoms with Crippen molar-refractivity contribution < 1.29 is 22.8 Å². The Morgan fingerprint density at radius 2 is 1.78 bits per heavy atom. The van der Waals surface area contributed by atoms with Crippen LogP contribution in [0.1, 0.15) is 77.2 Å². The highest BCUT2D eigenvalue weighted by atomic mass is 19.1. The standard InChI is InChI=1S/C26H41F2N2O2/c1-3-5-7-8-9-15-30-16-12-21(13-17-30)25(20-30)32-26(31)29(14-6-4-2)19-22-18-23(27)10-11-24(22)28/h10-11,18,21,25H,3-9,12-17,19-20H2,1-2H3/q+1/t21?,25-,30?/m0/s1. The molecule has 0 radical (unpaired) electrons. The van der Waals surface area contributed by atoms with Gasteiger partial charge in [0.1, 0.15) is 18.2 Å². The second-order valence-electron chi connectivity index (χ2n) is 9.88.